The molecule has 0 spiro atoms. The molecule has 2 heterocycles. The van der Waals surface area contributed by atoms with Crippen molar-refractivity contribution in [3.63, 3.8) is 0 Å². The summed E-state index contributed by atoms with van der Waals surface area (Å²) < 4.78 is -0.622. The number of fused-ring (bicyclic) bond motifs is 1. The van der Waals surface area contributed by atoms with Crippen molar-refractivity contribution in [2.75, 3.05) is 0 Å². The van der Waals surface area contributed by atoms with Crippen molar-refractivity contribution >= 4 is 35.5 Å². The Bertz CT molecular complexity index is 578. The average molecular weight is 358 g/mol. The molecule has 134 valence electrons. The Hall–Kier alpha value is -1.77. The van der Waals surface area contributed by atoms with E-state index in [1.165, 1.54) is 16.7 Å². The molecule has 0 aromatic heterocycles. The van der Waals surface area contributed by atoms with Crippen LogP contribution in [0.3, 0.4) is 0 Å². The fraction of sp³-hybridized carbons (Fsp3) is 0.733. The molecular formula is C15H22N2O6S. The molecule has 9 heteroatoms. The van der Waals surface area contributed by atoms with Crippen LogP contribution in [0.15, 0.2) is 0 Å². The van der Waals surface area contributed by atoms with E-state index in [0.29, 0.717) is 12.8 Å². The standard InChI is InChI=1S/C15H22N2O6S/c1-7(13(20)21)5-4-6-8(18)16-9-11(19)17-10(14(22)23)15(2,3)24-12(9)17/h7,9-10,12H,4-6H2,1-3H3,(H,16,18)(H,20,21)(H,22,23)/t7-,9+,10-,12+/m0/s1. The summed E-state index contributed by atoms with van der Waals surface area (Å²) in [7, 11) is 0. The molecule has 2 rings (SSSR count). The van der Waals surface area contributed by atoms with E-state index in [-0.39, 0.29) is 23.6 Å². The summed E-state index contributed by atoms with van der Waals surface area (Å²) in [6.07, 6.45) is 0.954. The third kappa shape index (κ3) is 3.35. The van der Waals surface area contributed by atoms with Crippen molar-refractivity contribution in [1.29, 1.82) is 0 Å². The normalized spacial score (nSPS) is 28.7. The molecule has 0 aliphatic carbocycles. The fourth-order valence-corrected chi connectivity index (χ4v) is 4.71. The van der Waals surface area contributed by atoms with Crippen LogP contribution in [0.2, 0.25) is 0 Å². The van der Waals surface area contributed by atoms with Crippen LogP contribution in [0.4, 0.5) is 0 Å². The van der Waals surface area contributed by atoms with Crippen LogP contribution >= 0.6 is 11.8 Å². The smallest absolute Gasteiger partial charge is 0.327 e. The van der Waals surface area contributed by atoms with Crippen molar-refractivity contribution in [1.82, 2.24) is 10.2 Å². The van der Waals surface area contributed by atoms with Gasteiger partial charge in [-0.2, -0.15) is 0 Å². The summed E-state index contributed by atoms with van der Waals surface area (Å²) in [5, 5.41) is 20.4. The van der Waals surface area contributed by atoms with Gasteiger partial charge in [0.05, 0.1) is 5.92 Å². The van der Waals surface area contributed by atoms with Gasteiger partial charge in [0.2, 0.25) is 11.8 Å². The lowest BCUT2D eigenvalue weighted by molar-refractivity contribution is -0.161. The van der Waals surface area contributed by atoms with E-state index in [9.17, 15) is 24.3 Å². The average Bonchev–Trinajstić information content (AvgIpc) is 2.73. The second-order valence-corrected chi connectivity index (χ2v) is 8.55. The Labute approximate surface area is 144 Å². The number of nitrogens with zero attached hydrogens (tertiary/aromatic N) is 1. The van der Waals surface area contributed by atoms with Crippen molar-refractivity contribution in [3.8, 4) is 0 Å². The number of carboxylic acids is 2. The molecule has 0 aromatic rings. The zero-order valence-electron chi connectivity index (χ0n) is 13.8. The van der Waals surface area contributed by atoms with E-state index >= 15 is 0 Å². The molecule has 4 atom stereocenters. The summed E-state index contributed by atoms with van der Waals surface area (Å²) in [5.41, 5.74) is 0. The molecule has 0 saturated carbocycles. The van der Waals surface area contributed by atoms with E-state index in [1.807, 2.05) is 0 Å². The highest BCUT2D eigenvalue weighted by atomic mass is 32.2. The Kier molecular flexibility index (Phi) is 5.12. The number of amides is 2. The van der Waals surface area contributed by atoms with Gasteiger partial charge in [-0.25, -0.2) is 4.79 Å². The molecule has 2 aliphatic rings. The summed E-state index contributed by atoms with van der Waals surface area (Å²) in [5.74, 6) is -3.15. The minimum absolute atomic E-state index is 0.143. The van der Waals surface area contributed by atoms with Gasteiger partial charge < -0.3 is 20.4 Å². The Balaban J connectivity index is 1.87. The molecule has 2 saturated heterocycles. The Morgan fingerprint density at radius 2 is 1.96 bits per heavy atom. The van der Waals surface area contributed by atoms with Crippen LogP contribution in [0.5, 0.6) is 0 Å². The number of hydrogen-bond donors (Lipinski definition) is 3. The quantitative estimate of drug-likeness (QED) is 0.566. The van der Waals surface area contributed by atoms with E-state index in [4.69, 9.17) is 5.11 Å². The minimum atomic E-state index is -1.05. The van der Waals surface area contributed by atoms with Crippen molar-refractivity contribution < 1.29 is 29.4 Å². The van der Waals surface area contributed by atoms with Crippen LogP contribution in [-0.2, 0) is 19.2 Å². The first-order valence-electron chi connectivity index (χ1n) is 7.81. The number of carboxylic acid groups (broad SMARTS) is 2. The molecular weight excluding hydrogens is 336 g/mol. The molecule has 24 heavy (non-hydrogen) atoms. The molecule has 2 amide bonds. The van der Waals surface area contributed by atoms with E-state index < -0.39 is 34.7 Å². The summed E-state index contributed by atoms with van der Waals surface area (Å²) in [4.78, 5) is 47.6. The van der Waals surface area contributed by atoms with Gasteiger partial charge in [0.15, 0.2) is 0 Å². The van der Waals surface area contributed by atoms with Crippen LogP contribution < -0.4 is 5.32 Å². The number of rotatable bonds is 7. The lowest BCUT2D eigenvalue weighted by atomic mass is 9.96. The Morgan fingerprint density at radius 1 is 1.33 bits per heavy atom. The van der Waals surface area contributed by atoms with Crippen molar-refractivity contribution in [2.45, 2.75) is 62.2 Å². The van der Waals surface area contributed by atoms with Gasteiger partial charge in [0.1, 0.15) is 17.5 Å². The van der Waals surface area contributed by atoms with Gasteiger partial charge in [-0.15, -0.1) is 11.8 Å². The van der Waals surface area contributed by atoms with Gasteiger partial charge in [-0.05, 0) is 26.7 Å². The number of carbonyl (C=O) groups is 4. The highest BCUT2D eigenvalue weighted by molar-refractivity contribution is 8.01. The predicted octanol–water partition coefficient (Wildman–Crippen LogP) is 0.509. The SMILES string of the molecule is C[C@@H](CCCC(=O)N[C@@H]1C(=O)N2[C@@H]1SC(C)(C)[C@@H]2C(=O)O)C(=O)O. The molecule has 3 N–H and O–H groups in total. The van der Waals surface area contributed by atoms with Gasteiger partial charge >= 0.3 is 11.9 Å². The zero-order chi connectivity index (χ0) is 18.2. The predicted molar refractivity (Wildman–Crippen MR) is 86.3 cm³/mol. The fourth-order valence-electron chi connectivity index (χ4n) is 3.08. The first kappa shape index (κ1) is 18.6. The maximum atomic E-state index is 12.2. The number of carbonyl (C=O) groups excluding carboxylic acids is 2. The topological polar surface area (TPSA) is 124 Å². The van der Waals surface area contributed by atoms with Gasteiger partial charge in [-0.3, -0.25) is 14.4 Å². The molecule has 0 bridgehead atoms. The number of β-lactam (4-membered cyclic amide) rings is 1. The largest absolute Gasteiger partial charge is 0.481 e. The number of aliphatic carboxylic acids is 2. The Morgan fingerprint density at radius 3 is 2.50 bits per heavy atom. The second-order valence-electron chi connectivity index (χ2n) is 6.77. The van der Waals surface area contributed by atoms with Gasteiger partial charge in [-0.1, -0.05) is 6.92 Å². The highest BCUT2D eigenvalue weighted by Crippen LogP contribution is 2.50. The van der Waals surface area contributed by atoms with Crippen molar-refractivity contribution in [2.24, 2.45) is 5.92 Å². The van der Waals surface area contributed by atoms with Crippen molar-refractivity contribution in [3.05, 3.63) is 0 Å². The first-order valence-corrected chi connectivity index (χ1v) is 8.69. The first-order chi connectivity index (χ1) is 11.1. The maximum absolute atomic E-state index is 12.2. The van der Waals surface area contributed by atoms with Crippen LogP contribution in [0.25, 0.3) is 0 Å². The van der Waals surface area contributed by atoms with Crippen LogP contribution in [0.1, 0.15) is 40.0 Å². The number of thioether (sulfide) groups is 1. The lowest BCUT2D eigenvalue weighted by Gasteiger charge is -2.43. The maximum Gasteiger partial charge on any atom is 0.327 e. The molecule has 0 radical (unpaired) electrons. The van der Waals surface area contributed by atoms with Crippen LogP contribution in [0, 0.1) is 5.92 Å². The highest BCUT2D eigenvalue weighted by Gasteiger charge is 2.64. The number of hydrogen-bond acceptors (Lipinski definition) is 5. The van der Waals surface area contributed by atoms with Crippen LogP contribution in [-0.4, -0.2) is 61.1 Å². The summed E-state index contributed by atoms with van der Waals surface area (Å²) in [6.45, 7) is 5.12. The zero-order valence-corrected chi connectivity index (χ0v) is 14.6. The molecule has 2 fully saturated rings. The monoisotopic (exact) mass is 358 g/mol. The third-order valence-corrected chi connectivity index (χ3v) is 6.03. The van der Waals surface area contributed by atoms with Gasteiger partial charge in [0.25, 0.3) is 0 Å². The molecule has 0 aromatic carbocycles. The minimum Gasteiger partial charge on any atom is -0.481 e. The second kappa shape index (κ2) is 6.62. The lowest BCUT2D eigenvalue weighted by Crippen LogP contribution is -2.70. The third-order valence-electron chi connectivity index (χ3n) is 4.45. The number of nitrogens with one attached hydrogen (secondary N) is 1. The summed E-state index contributed by atoms with van der Waals surface area (Å²) in [6, 6.07) is -1.60. The van der Waals surface area contributed by atoms with E-state index in [2.05, 4.69) is 5.32 Å². The van der Waals surface area contributed by atoms with E-state index in [1.54, 1.807) is 20.8 Å². The molecule has 2 aliphatic heterocycles. The van der Waals surface area contributed by atoms with E-state index in [0.717, 1.165) is 0 Å². The molecule has 0 unspecified atom stereocenters. The molecule has 8 nitrogen and oxygen atoms in total. The summed E-state index contributed by atoms with van der Waals surface area (Å²) >= 11 is 1.37. The van der Waals surface area contributed by atoms with Gasteiger partial charge in [0, 0.05) is 11.2 Å².